The van der Waals surface area contributed by atoms with E-state index in [0.29, 0.717) is 19.1 Å². The molecular weight excluding hydrogens is 348 g/mol. The molecule has 1 aromatic carbocycles. The largest absolute Gasteiger partial charge is 0.479 e. The van der Waals surface area contributed by atoms with E-state index < -0.39 is 12.1 Å². The topological polar surface area (TPSA) is 83.2 Å². The van der Waals surface area contributed by atoms with Crippen molar-refractivity contribution in [1.82, 2.24) is 4.90 Å². The molecule has 2 atom stereocenters. The minimum Gasteiger partial charge on any atom is -0.479 e. The van der Waals surface area contributed by atoms with E-state index in [2.05, 4.69) is 24.0 Å². The summed E-state index contributed by atoms with van der Waals surface area (Å²) in [5.41, 5.74) is 3.29. The summed E-state index contributed by atoms with van der Waals surface area (Å²) >= 11 is 0. The van der Waals surface area contributed by atoms with Crippen molar-refractivity contribution in [3.63, 3.8) is 0 Å². The van der Waals surface area contributed by atoms with E-state index in [1.54, 1.807) is 0 Å². The van der Waals surface area contributed by atoms with Gasteiger partial charge in [-0.3, -0.25) is 4.79 Å². The van der Waals surface area contributed by atoms with E-state index in [1.165, 1.54) is 22.4 Å². The Labute approximate surface area is 157 Å². The fourth-order valence-corrected chi connectivity index (χ4v) is 3.83. The van der Waals surface area contributed by atoms with Gasteiger partial charge in [0.1, 0.15) is 0 Å². The Morgan fingerprint density at radius 1 is 1.26 bits per heavy atom. The molecule has 1 aromatic heterocycles. The molecule has 2 aliphatic heterocycles. The molecule has 142 valence electrons. The molecule has 7 nitrogen and oxygen atoms in total. The lowest BCUT2D eigenvalue weighted by Crippen LogP contribution is -2.48. The van der Waals surface area contributed by atoms with Crippen molar-refractivity contribution in [2.75, 3.05) is 24.6 Å². The highest BCUT2D eigenvalue weighted by Gasteiger charge is 2.33. The minimum absolute atomic E-state index is 0.0251. The number of carboxylic acids is 1. The molecule has 0 saturated carbocycles. The van der Waals surface area contributed by atoms with Gasteiger partial charge in [-0.05, 0) is 31.0 Å². The highest BCUT2D eigenvalue weighted by Crippen LogP contribution is 2.33. The van der Waals surface area contributed by atoms with Crippen molar-refractivity contribution in [2.24, 2.45) is 0 Å². The summed E-state index contributed by atoms with van der Waals surface area (Å²) in [6.07, 6.45) is 1.50. The molecule has 2 aromatic rings. The van der Waals surface area contributed by atoms with Gasteiger partial charge in [0.25, 0.3) is 5.91 Å². The highest BCUT2D eigenvalue weighted by atomic mass is 16.5. The number of carboxylic acid groups (broad SMARTS) is 1. The smallest absolute Gasteiger partial charge is 0.334 e. The van der Waals surface area contributed by atoms with Crippen LogP contribution in [0.25, 0.3) is 0 Å². The number of benzene rings is 1. The van der Waals surface area contributed by atoms with Gasteiger partial charge >= 0.3 is 5.97 Å². The zero-order valence-electron chi connectivity index (χ0n) is 15.1. The quantitative estimate of drug-likeness (QED) is 0.888. The van der Waals surface area contributed by atoms with Gasteiger partial charge in [-0.15, -0.1) is 0 Å². The molecule has 4 rings (SSSR count). The van der Waals surface area contributed by atoms with Gasteiger partial charge < -0.3 is 24.1 Å². The van der Waals surface area contributed by atoms with Crippen LogP contribution in [0.2, 0.25) is 0 Å². The number of amides is 1. The molecule has 3 heterocycles. The number of rotatable bonds is 4. The average molecular weight is 370 g/mol. The van der Waals surface area contributed by atoms with E-state index in [0.717, 1.165) is 12.0 Å². The first-order valence-electron chi connectivity index (χ1n) is 9.09. The third-order valence-electron chi connectivity index (χ3n) is 5.26. The SMILES string of the molecule is CC1Cc2ccccc2N1Cc1ccoc1C(=O)N1CCOC(C(=O)O)C1. The van der Waals surface area contributed by atoms with Crippen molar-refractivity contribution in [3.05, 3.63) is 53.5 Å². The van der Waals surface area contributed by atoms with E-state index in [4.69, 9.17) is 14.3 Å². The van der Waals surface area contributed by atoms with Crippen LogP contribution in [0, 0.1) is 0 Å². The number of aliphatic carboxylic acids is 1. The lowest BCUT2D eigenvalue weighted by molar-refractivity contribution is -0.154. The Morgan fingerprint density at radius 3 is 2.89 bits per heavy atom. The van der Waals surface area contributed by atoms with Crippen molar-refractivity contribution < 1.29 is 23.8 Å². The molecule has 1 N–H and O–H groups in total. The number of nitrogens with zero attached hydrogens (tertiary/aromatic N) is 2. The molecule has 1 saturated heterocycles. The predicted molar refractivity (Wildman–Crippen MR) is 97.8 cm³/mol. The average Bonchev–Trinajstić information content (AvgIpc) is 3.26. The first-order valence-corrected chi connectivity index (χ1v) is 9.09. The van der Waals surface area contributed by atoms with Crippen LogP contribution in [0.1, 0.15) is 28.6 Å². The van der Waals surface area contributed by atoms with Crippen LogP contribution in [0.4, 0.5) is 5.69 Å². The van der Waals surface area contributed by atoms with Gasteiger partial charge in [0.15, 0.2) is 11.9 Å². The zero-order valence-corrected chi connectivity index (χ0v) is 15.1. The maximum Gasteiger partial charge on any atom is 0.334 e. The van der Waals surface area contributed by atoms with Crippen LogP contribution in [0.15, 0.2) is 41.0 Å². The van der Waals surface area contributed by atoms with Gasteiger partial charge in [-0.2, -0.15) is 0 Å². The molecule has 27 heavy (non-hydrogen) atoms. The van der Waals surface area contributed by atoms with Crippen molar-refractivity contribution in [1.29, 1.82) is 0 Å². The Kier molecular flexibility index (Phi) is 4.61. The maximum absolute atomic E-state index is 12.9. The molecule has 0 aliphatic carbocycles. The van der Waals surface area contributed by atoms with Crippen LogP contribution in [-0.2, 0) is 22.5 Å². The summed E-state index contributed by atoms with van der Waals surface area (Å²) in [5, 5.41) is 9.14. The summed E-state index contributed by atoms with van der Waals surface area (Å²) in [6.45, 7) is 3.32. The number of hydrogen-bond donors (Lipinski definition) is 1. The fourth-order valence-electron chi connectivity index (χ4n) is 3.83. The van der Waals surface area contributed by atoms with Gasteiger partial charge in [-0.1, -0.05) is 18.2 Å². The highest BCUT2D eigenvalue weighted by molar-refractivity contribution is 5.93. The Morgan fingerprint density at radius 2 is 2.07 bits per heavy atom. The van der Waals surface area contributed by atoms with Gasteiger partial charge in [0.2, 0.25) is 0 Å². The standard InChI is InChI=1S/C20H22N2O5/c1-13-10-14-4-2-3-5-16(14)22(13)11-15-6-8-27-18(15)19(23)21-7-9-26-17(12-21)20(24)25/h2-6,8,13,17H,7,9-12H2,1H3,(H,24,25). The van der Waals surface area contributed by atoms with E-state index >= 15 is 0 Å². The van der Waals surface area contributed by atoms with Crippen LogP contribution < -0.4 is 4.90 Å². The molecule has 0 spiro atoms. The summed E-state index contributed by atoms with van der Waals surface area (Å²) in [5.74, 6) is -1.07. The van der Waals surface area contributed by atoms with Crippen LogP contribution >= 0.6 is 0 Å². The van der Waals surface area contributed by atoms with Gasteiger partial charge in [0.05, 0.1) is 19.4 Å². The number of carbonyl (C=O) groups is 2. The number of carbonyl (C=O) groups excluding carboxylic acids is 1. The number of furan rings is 1. The first kappa shape index (κ1) is 17.6. The van der Waals surface area contributed by atoms with E-state index in [1.807, 2.05) is 18.2 Å². The third-order valence-corrected chi connectivity index (χ3v) is 5.26. The van der Waals surface area contributed by atoms with Gasteiger partial charge in [0, 0.05) is 30.4 Å². The molecule has 1 amide bonds. The third kappa shape index (κ3) is 3.30. The Bertz CT molecular complexity index is 862. The number of para-hydroxylation sites is 1. The molecular formula is C20H22N2O5. The van der Waals surface area contributed by atoms with Gasteiger partial charge in [-0.25, -0.2) is 4.79 Å². The predicted octanol–water partition coefficient (Wildman–Crippen LogP) is 2.16. The maximum atomic E-state index is 12.9. The van der Waals surface area contributed by atoms with Crippen LogP contribution in [0.5, 0.6) is 0 Å². The minimum atomic E-state index is -1.06. The van der Waals surface area contributed by atoms with Crippen molar-refractivity contribution in [3.8, 4) is 0 Å². The molecule has 2 unspecified atom stereocenters. The first-order chi connectivity index (χ1) is 13.0. The lowest BCUT2D eigenvalue weighted by atomic mass is 10.1. The van der Waals surface area contributed by atoms with Crippen molar-refractivity contribution in [2.45, 2.75) is 32.0 Å². The monoisotopic (exact) mass is 370 g/mol. The Balaban J connectivity index is 1.53. The summed E-state index contributed by atoms with van der Waals surface area (Å²) in [7, 11) is 0. The van der Waals surface area contributed by atoms with Crippen LogP contribution in [0.3, 0.4) is 0 Å². The second kappa shape index (κ2) is 7.08. The molecule has 7 heteroatoms. The normalized spacial score (nSPS) is 22.0. The molecule has 0 bridgehead atoms. The van der Waals surface area contributed by atoms with Crippen LogP contribution in [-0.4, -0.2) is 53.7 Å². The van der Waals surface area contributed by atoms with E-state index in [-0.39, 0.29) is 24.8 Å². The number of anilines is 1. The molecule has 1 fully saturated rings. The molecule has 0 radical (unpaired) electrons. The number of hydrogen-bond acceptors (Lipinski definition) is 5. The van der Waals surface area contributed by atoms with E-state index in [9.17, 15) is 9.59 Å². The second-order valence-electron chi connectivity index (χ2n) is 7.03. The number of fused-ring (bicyclic) bond motifs is 1. The second-order valence-corrected chi connectivity index (χ2v) is 7.03. The molecule has 2 aliphatic rings. The lowest BCUT2D eigenvalue weighted by Gasteiger charge is -2.31. The Hall–Kier alpha value is -2.80. The zero-order chi connectivity index (χ0) is 19.0. The summed E-state index contributed by atoms with van der Waals surface area (Å²) in [4.78, 5) is 27.8. The number of ether oxygens (including phenoxy) is 1. The summed E-state index contributed by atoms with van der Waals surface area (Å²) < 4.78 is 10.7. The van der Waals surface area contributed by atoms with Crippen molar-refractivity contribution >= 4 is 17.6 Å². The fraction of sp³-hybridized carbons (Fsp3) is 0.400. The summed E-state index contributed by atoms with van der Waals surface area (Å²) in [6, 6.07) is 10.4. The number of morpholine rings is 1.